The average molecular weight is 288 g/mol. The number of aromatic hydroxyl groups is 2. The molecule has 21 heavy (non-hydrogen) atoms. The van der Waals surface area contributed by atoms with E-state index in [4.69, 9.17) is 15.3 Å². The summed E-state index contributed by atoms with van der Waals surface area (Å²) in [6.07, 6.45) is 0. The normalized spacial score (nSPS) is 10.0. The summed E-state index contributed by atoms with van der Waals surface area (Å²) in [6.45, 7) is 0. The molecule has 0 saturated carbocycles. The highest BCUT2D eigenvalue weighted by atomic mass is 16.5. The van der Waals surface area contributed by atoms with Crippen LogP contribution in [0.25, 0.3) is 0 Å². The van der Waals surface area contributed by atoms with Crippen LogP contribution in [-0.2, 0) is 0 Å². The van der Waals surface area contributed by atoms with E-state index in [1.54, 1.807) is 24.3 Å². The lowest BCUT2D eigenvalue weighted by molar-refractivity contribution is 0.407. The molecular weight excluding hydrogens is 272 g/mol. The number of hydrogen-bond donors (Lipinski definition) is 3. The first-order chi connectivity index (χ1) is 10.1. The van der Waals surface area contributed by atoms with Gasteiger partial charge in [0.1, 0.15) is 28.7 Å². The Morgan fingerprint density at radius 3 is 1.62 bits per heavy atom. The van der Waals surface area contributed by atoms with E-state index in [2.05, 4.69) is 5.10 Å². The molecular formula is C15H16N2O4. The molecule has 2 rings (SSSR count). The minimum atomic E-state index is -0.0474. The van der Waals surface area contributed by atoms with Gasteiger partial charge in [0.2, 0.25) is 0 Å². The van der Waals surface area contributed by atoms with Crippen LogP contribution in [-0.4, -0.2) is 30.1 Å². The lowest BCUT2D eigenvalue weighted by atomic mass is 10.00. The first-order valence-corrected chi connectivity index (χ1v) is 6.13. The Kier molecular flexibility index (Phi) is 4.18. The van der Waals surface area contributed by atoms with E-state index in [0.29, 0.717) is 22.6 Å². The second kappa shape index (κ2) is 6.04. The maximum atomic E-state index is 10.1. The molecule has 0 heterocycles. The standard InChI is InChI=1S/C15H16N2O4/c1-20-9-3-5-11(13(18)7-9)15(17-16)12-6-4-10(21-2)8-14(12)19/h3-8,18-19H,16H2,1-2H3. The zero-order chi connectivity index (χ0) is 15.4. The zero-order valence-electron chi connectivity index (χ0n) is 11.7. The van der Waals surface area contributed by atoms with Gasteiger partial charge in [-0.3, -0.25) is 0 Å². The Bertz CT molecular complexity index is 628. The molecule has 0 radical (unpaired) electrons. The average Bonchev–Trinajstić information content (AvgIpc) is 2.50. The van der Waals surface area contributed by atoms with E-state index in [9.17, 15) is 10.2 Å². The lowest BCUT2D eigenvalue weighted by Crippen LogP contribution is -2.07. The number of hydrazone groups is 1. The van der Waals surface area contributed by atoms with Gasteiger partial charge in [0.25, 0.3) is 0 Å². The summed E-state index contributed by atoms with van der Waals surface area (Å²) in [5.41, 5.74) is 1.04. The highest BCUT2D eigenvalue weighted by Gasteiger charge is 2.16. The van der Waals surface area contributed by atoms with Gasteiger partial charge >= 0.3 is 0 Å². The summed E-state index contributed by atoms with van der Waals surface area (Å²) >= 11 is 0. The fourth-order valence-corrected chi connectivity index (χ4v) is 1.96. The largest absolute Gasteiger partial charge is 0.507 e. The third kappa shape index (κ3) is 2.84. The number of nitrogens with two attached hydrogens (primary N) is 1. The Labute approximate surface area is 122 Å². The van der Waals surface area contributed by atoms with Gasteiger partial charge in [0.15, 0.2) is 0 Å². The first kappa shape index (κ1) is 14.5. The second-order valence-corrected chi connectivity index (χ2v) is 4.24. The van der Waals surface area contributed by atoms with Gasteiger partial charge in [-0.2, -0.15) is 5.10 Å². The number of phenols is 2. The molecule has 0 aliphatic heterocycles. The zero-order valence-corrected chi connectivity index (χ0v) is 11.7. The first-order valence-electron chi connectivity index (χ1n) is 6.13. The minimum absolute atomic E-state index is 0.0474. The minimum Gasteiger partial charge on any atom is -0.507 e. The molecule has 0 atom stereocenters. The number of benzene rings is 2. The Morgan fingerprint density at radius 1 is 0.905 bits per heavy atom. The second-order valence-electron chi connectivity index (χ2n) is 4.24. The number of ether oxygens (including phenoxy) is 2. The van der Waals surface area contributed by atoms with Crippen molar-refractivity contribution in [2.75, 3.05) is 14.2 Å². The van der Waals surface area contributed by atoms with Crippen molar-refractivity contribution in [2.45, 2.75) is 0 Å². The number of phenolic OH excluding ortho intramolecular Hbond substituents is 2. The fourth-order valence-electron chi connectivity index (χ4n) is 1.96. The summed E-state index contributed by atoms with van der Waals surface area (Å²) in [6, 6.07) is 9.46. The smallest absolute Gasteiger partial charge is 0.128 e. The maximum absolute atomic E-state index is 10.1. The fraction of sp³-hybridized carbons (Fsp3) is 0.133. The molecule has 0 saturated heterocycles. The van der Waals surface area contributed by atoms with Gasteiger partial charge in [-0.05, 0) is 24.3 Å². The Balaban J connectivity index is 2.50. The predicted molar refractivity (Wildman–Crippen MR) is 79.1 cm³/mol. The van der Waals surface area contributed by atoms with Crippen molar-refractivity contribution >= 4 is 5.71 Å². The van der Waals surface area contributed by atoms with Crippen molar-refractivity contribution < 1.29 is 19.7 Å². The number of rotatable bonds is 4. The Hall–Kier alpha value is -2.89. The molecule has 110 valence electrons. The van der Waals surface area contributed by atoms with Gasteiger partial charge in [0.05, 0.1) is 14.2 Å². The molecule has 6 heteroatoms. The molecule has 0 aliphatic rings. The van der Waals surface area contributed by atoms with Crippen molar-refractivity contribution in [3.63, 3.8) is 0 Å². The van der Waals surface area contributed by atoms with E-state index in [0.717, 1.165) is 0 Å². The van der Waals surface area contributed by atoms with E-state index in [1.165, 1.54) is 26.4 Å². The van der Waals surface area contributed by atoms with E-state index >= 15 is 0 Å². The third-order valence-corrected chi connectivity index (χ3v) is 3.05. The summed E-state index contributed by atoms with van der Waals surface area (Å²) in [5, 5.41) is 23.8. The van der Waals surface area contributed by atoms with E-state index in [-0.39, 0.29) is 17.2 Å². The summed E-state index contributed by atoms with van der Waals surface area (Å²) in [7, 11) is 3.00. The monoisotopic (exact) mass is 288 g/mol. The molecule has 2 aromatic carbocycles. The van der Waals surface area contributed by atoms with Gasteiger partial charge in [-0.1, -0.05) is 0 Å². The van der Waals surface area contributed by atoms with Crippen molar-refractivity contribution in [3.8, 4) is 23.0 Å². The molecule has 0 bridgehead atoms. The van der Waals surface area contributed by atoms with Gasteiger partial charge in [-0.15, -0.1) is 0 Å². The molecule has 2 aromatic rings. The van der Waals surface area contributed by atoms with Crippen molar-refractivity contribution in [1.29, 1.82) is 0 Å². The van der Waals surface area contributed by atoms with Crippen LogP contribution >= 0.6 is 0 Å². The molecule has 6 nitrogen and oxygen atoms in total. The van der Waals surface area contributed by atoms with Crippen LogP contribution in [0.3, 0.4) is 0 Å². The van der Waals surface area contributed by atoms with Crippen LogP contribution in [0.15, 0.2) is 41.5 Å². The molecule has 0 amide bonds. The van der Waals surface area contributed by atoms with Crippen LogP contribution in [0.5, 0.6) is 23.0 Å². The SMILES string of the molecule is COc1ccc(C(=NN)c2ccc(OC)cc2O)c(O)c1. The number of methoxy groups -OCH3 is 2. The summed E-state index contributed by atoms with van der Waals surface area (Å²) < 4.78 is 10.1. The van der Waals surface area contributed by atoms with Crippen molar-refractivity contribution in [3.05, 3.63) is 47.5 Å². The van der Waals surface area contributed by atoms with Crippen LogP contribution in [0, 0.1) is 0 Å². The molecule has 0 aliphatic carbocycles. The van der Waals surface area contributed by atoms with Gasteiger partial charge < -0.3 is 25.5 Å². The number of nitrogens with zero attached hydrogens (tertiary/aromatic N) is 1. The van der Waals surface area contributed by atoms with E-state index in [1.807, 2.05) is 0 Å². The van der Waals surface area contributed by atoms with Crippen LogP contribution < -0.4 is 15.3 Å². The quantitative estimate of drug-likeness (QED) is 0.453. The molecule has 0 aromatic heterocycles. The predicted octanol–water partition coefficient (Wildman–Crippen LogP) is 1.83. The molecule has 0 unspecified atom stereocenters. The third-order valence-electron chi connectivity index (χ3n) is 3.05. The van der Waals surface area contributed by atoms with Crippen molar-refractivity contribution in [2.24, 2.45) is 10.9 Å². The van der Waals surface area contributed by atoms with Crippen LogP contribution in [0.1, 0.15) is 11.1 Å². The lowest BCUT2D eigenvalue weighted by Gasteiger charge is -2.11. The Morgan fingerprint density at radius 2 is 1.33 bits per heavy atom. The number of hydrogen-bond acceptors (Lipinski definition) is 6. The van der Waals surface area contributed by atoms with Gasteiger partial charge in [-0.25, -0.2) is 0 Å². The highest BCUT2D eigenvalue weighted by molar-refractivity contribution is 6.15. The van der Waals surface area contributed by atoms with E-state index < -0.39 is 0 Å². The summed E-state index contributed by atoms with van der Waals surface area (Å²) in [4.78, 5) is 0. The molecule has 0 spiro atoms. The van der Waals surface area contributed by atoms with Crippen LogP contribution in [0.4, 0.5) is 0 Å². The summed E-state index contributed by atoms with van der Waals surface area (Å²) in [5.74, 6) is 6.34. The maximum Gasteiger partial charge on any atom is 0.128 e. The highest BCUT2D eigenvalue weighted by Crippen LogP contribution is 2.30. The van der Waals surface area contributed by atoms with Crippen molar-refractivity contribution in [1.82, 2.24) is 0 Å². The van der Waals surface area contributed by atoms with Crippen LogP contribution in [0.2, 0.25) is 0 Å². The molecule has 0 fully saturated rings. The van der Waals surface area contributed by atoms with Gasteiger partial charge in [0, 0.05) is 23.3 Å². The topological polar surface area (TPSA) is 97.3 Å². The molecule has 4 N–H and O–H groups in total.